The predicted molar refractivity (Wildman–Crippen MR) is 63.4 cm³/mol. The van der Waals surface area contributed by atoms with Crippen molar-refractivity contribution in [1.29, 1.82) is 0 Å². The van der Waals surface area contributed by atoms with E-state index in [4.69, 9.17) is 11.5 Å². The minimum absolute atomic E-state index is 0.241. The van der Waals surface area contributed by atoms with Gasteiger partial charge in [-0.3, -0.25) is 5.73 Å². The summed E-state index contributed by atoms with van der Waals surface area (Å²) in [5.74, 6) is -2.11. The number of imidazole rings is 1. The van der Waals surface area contributed by atoms with Crippen molar-refractivity contribution in [2.45, 2.75) is 24.9 Å². The van der Waals surface area contributed by atoms with Gasteiger partial charge in [0, 0.05) is 6.42 Å². The molecule has 0 saturated heterocycles. The molecule has 2 heterocycles. The number of halogens is 3. The summed E-state index contributed by atoms with van der Waals surface area (Å²) < 4.78 is 40.1. The second kappa shape index (κ2) is 5.61. The zero-order valence-corrected chi connectivity index (χ0v) is 10.5. The van der Waals surface area contributed by atoms with Crippen LogP contribution < -0.4 is 11.5 Å². The summed E-state index contributed by atoms with van der Waals surface area (Å²) in [4.78, 5) is 17.5. The standard InChI is InChI=1S/C10H11F3N6O2/c11-10(12,13)9(20)21-6(15)3-4(14)7-17-5-1-2-16-19-8(5)18-7/h1-2,4,6H,3,14-15H2,(H,17,18,19). The Labute approximate surface area is 115 Å². The Hall–Kier alpha value is -2.27. The van der Waals surface area contributed by atoms with E-state index in [0.717, 1.165) is 0 Å². The van der Waals surface area contributed by atoms with Crippen LogP contribution in [-0.2, 0) is 9.53 Å². The van der Waals surface area contributed by atoms with Gasteiger partial charge >= 0.3 is 12.1 Å². The lowest BCUT2D eigenvalue weighted by Gasteiger charge is -2.17. The number of H-pyrrole nitrogens is 1. The van der Waals surface area contributed by atoms with E-state index < -0.39 is 24.4 Å². The molecule has 8 nitrogen and oxygen atoms in total. The van der Waals surface area contributed by atoms with Crippen molar-refractivity contribution >= 4 is 17.1 Å². The molecule has 0 bridgehead atoms. The van der Waals surface area contributed by atoms with Gasteiger partial charge in [-0.1, -0.05) is 0 Å². The summed E-state index contributed by atoms with van der Waals surface area (Å²) in [5, 5.41) is 7.35. The fraction of sp³-hybridized carbons (Fsp3) is 0.400. The van der Waals surface area contributed by atoms with Gasteiger partial charge in [-0.15, -0.1) is 5.10 Å². The van der Waals surface area contributed by atoms with Gasteiger partial charge in [0.2, 0.25) is 0 Å². The lowest BCUT2D eigenvalue weighted by atomic mass is 10.2. The van der Waals surface area contributed by atoms with Crippen LogP contribution in [0.4, 0.5) is 13.2 Å². The number of fused-ring (bicyclic) bond motifs is 1. The molecule has 5 N–H and O–H groups in total. The Balaban J connectivity index is 2.00. The molecule has 0 aromatic carbocycles. The zero-order chi connectivity index (χ0) is 15.6. The van der Waals surface area contributed by atoms with Crippen LogP contribution in [0.5, 0.6) is 0 Å². The fourth-order valence-corrected chi connectivity index (χ4v) is 1.57. The first kappa shape index (κ1) is 15.1. The maximum atomic E-state index is 12.0. The van der Waals surface area contributed by atoms with Crippen LogP contribution in [-0.4, -0.2) is 38.5 Å². The van der Waals surface area contributed by atoms with E-state index in [2.05, 4.69) is 24.9 Å². The molecule has 21 heavy (non-hydrogen) atoms. The fourth-order valence-electron chi connectivity index (χ4n) is 1.57. The molecular formula is C10H11F3N6O2. The number of carbonyl (C=O) groups excluding carboxylic acids is 1. The first-order chi connectivity index (χ1) is 9.77. The predicted octanol–water partition coefficient (Wildman–Crippen LogP) is 0.133. The number of carbonyl (C=O) groups is 1. The second-order valence-corrected chi connectivity index (χ2v) is 4.17. The van der Waals surface area contributed by atoms with Crippen molar-refractivity contribution in [2.75, 3.05) is 0 Å². The molecule has 0 aliphatic rings. The minimum Gasteiger partial charge on any atom is -0.440 e. The largest absolute Gasteiger partial charge is 0.490 e. The molecule has 2 rings (SSSR count). The normalized spacial score (nSPS) is 14.9. The van der Waals surface area contributed by atoms with Crippen LogP contribution in [0, 0.1) is 0 Å². The van der Waals surface area contributed by atoms with E-state index >= 15 is 0 Å². The number of esters is 1. The van der Waals surface area contributed by atoms with Crippen LogP contribution in [0.25, 0.3) is 11.2 Å². The van der Waals surface area contributed by atoms with Gasteiger partial charge in [-0.2, -0.15) is 18.3 Å². The monoisotopic (exact) mass is 304 g/mol. The number of aromatic amines is 1. The van der Waals surface area contributed by atoms with Crippen molar-refractivity contribution < 1.29 is 22.7 Å². The molecule has 0 amide bonds. The molecule has 114 valence electrons. The third-order valence-corrected chi connectivity index (χ3v) is 2.52. The Morgan fingerprint density at radius 3 is 2.76 bits per heavy atom. The lowest BCUT2D eigenvalue weighted by molar-refractivity contribution is -0.205. The van der Waals surface area contributed by atoms with Gasteiger partial charge in [0.1, 0.15) is 5.82 Å². The number of alkyl halides is 3. The molecule has 11 heteroatoms. The highest BCUT2D eigenvalue weighted by atomic mass is 19.4. The van der Waals surface area contributed by atoms with E-state index in [1.54, 1.807) is 6.07 Å². The first-order valence-corrected chi connectivity index (χ1v) is 5.73. The number of hydrogen-bond donors (Lipinski definition) is 3. The summed E-state index contributed by atoms with van der Waals surface area (Å²) in [5.41, 5.74) is 11.9. The van der Waals surface area contributed by atoms with Crippen molar-refractivity contribution in [3.8, 4) is 0 Å². The Morgan fingerprint density at radius 1 is 1.43 bits per heavy atom. The van der Waals surface area contributed by atoms with Crippen molar-refractivity contribution in [3.63, 3.8) is 0 Å². The van der Waals surface area contributed by atoms with Crippen molar-refractivity contribution in [2.24, 2.45) is 11.5 Å². The molecule has 0 aliphatic carbocycles. The van der Waals surface area contributed by atoms with E-state index in [0.29, 0.717) is 11.2 Å². The van der Waals surface area contributed by atoms with Gasteiger partial charge in [0.15, 0.2) is 11.9 Å². The number of rotatable bonds is 4. The molecule has 0 saturated carbocycles. The number of nitrogens with two attached hydrogens (primary N) is 2. The maximum absolute atomic E-state index is 12.0. The summed E-state index contributed by atoms with van der Waals surface area (Å²) in [6.07, 6.45) is -5.41. The number of hydrogen-bond acceptors (Lipinski definition) is 7. The molecule has 2 aromatic heterocycles. The number of aromatic nitrogens is 4. The third kappa shape index (κ3) is 3.64. The summed E-state index contributed by atoms with van der Waals surface area (Å²) in [6, 6.07) is 0.755. The highest BCUT2D eigenvalue weighted by Gasteiger charge is 2.42. The van der Waals surface area contributed by atoms with Crippen LogP contribution in [0.2, 0.25) is 0 Å². The molecule has 0 aliphatic heterocycles. The average Bonchev–Trinajstić information content (AvgIpc) is 2.81. The van der Waals surface area contributed by atoms with Crippen LogP contribution >= 0.6 is 0 Å². The van der Waals surface area contributed by atoms with Crippen molar-refractivity contribution in [1.82, 2.24) is 20.2 Å². The molecule has 0 fully saturated rings. The maximum Gasteiger partial charge on any atom is 0.490 e. The average molecular weight is 304 g/mol. The van der Waals surface area contributed by atoms with E-state index in [-0.39, 0.29) is 12.2 Å². The topological polar surface area (TPSA) is 133 Å². The minimum atomic E-state index is -5.10. The van der Waals surface area contributed by atoms with Gasteiger partial charge in [-0.05, 0) is 6.07 Å². The van der Waals surface area contributed by atoms with E-state index in [1.165, 1.54) is 6.20 Å². The molecule has 2 aromatic rings. The van der Waals surface area contributed by atoms with Gasteiger partial charge in [0.25, 0.3) is 0 Å². The first-order valence-electron chi connectivity index (χ1n) is 5.73. The number of nitrogens with zero attached hydrogens (tertiary/aromatic N) is 3. The van der Waals surface area contributed by atoms with E-state index in [1.807, 2.05) is 0 Å². The quantitative estimate of drug-likeness (QED) is 0.540. The van der Waals surface area contributed by atoms with Gasteiger partial charge in [0.05, 0.1) is 17.8 Å². The molecular weight excluding hydrogens is 293 g/mol. The Bertz CT molecular complexity index is 610. The van der Waals surface area contributed by atoms with Gasteiger partial charge < -0.3 is 15.5 Å². The molecule has 0 spiro atoms. The zero-order valence-electron chi connectivity index (χ0n) is 10.5. The van der Waals surface area contributed by atoms with Gasteiger partial charge in [-0.25, -0.2) is 9.78 Å². The van der Waals surface area contributed by atoms with Crippen LogP contribution in [0.3, 0.4) is 0 Å². The van der Waals surface area contributed by atoms with Crippen LogP contribution in [0.15, 0.2) is 12.3 Å². The molecule has 2 unspecified atom stereocenters. The summed E-state index contributed by atoms with van der Waals surface area (Å²) in [6.45, 7) is 0. The lowest BCUT2D eigenvalue weighted by Crippen LogP contribution is -2.36. The van der Waals surface area contributed by atoms with Crippen LogP contribution in [0.1, 0.15) is 18.3 Å². The highest BCUT2D eigenvalue weighted by molar-refractivity contribution is 5.75. The highest BCUT2D eigenvalue weighted by Crippen LogP contribution is 2.20. The number of ether oxygens (including phenoxy) is 1. The van der Waals surface area contributed by atoms with Crippen molar-refractivity contribution in [3.05, 3.63) is 18.1 Å². The Morgan fingerprint density at radius 2 is 2.14 bits per heavy atom. The molecule has 0 radical (unpaired) electrons. The smallest absolute Gasteiger partial charge is 0.440 e. The second-order valence-electron chi connectivity index (χ2n) is 4.17. The molecule has 2 atom stereocenters. The summed E-state index contributed by atoms with van der Waals surface area (Å²) >= 11 is 0. The third-order valence-electron chi connectivity index (χ3n) is 2.52. The van der Waals surface area contributed by atoms with E-state index in [9.17, 15) is 18.0 Å². The SMILES string of the molecule is NC(CC(N)c1nc2nnccc2[nH]1)OC(=O)C(F)(F)F. The summed E-state index contributed by atoms with van der Waals surface area (Å²) in [7, 11) is 0. The Kier molecular flexibility index (Phi) is 4.04. The number of nitrogens with one attached hydrogen (secondary N) is 1.